The molecular weight excluding hydrogens is 402 g/mol. The first-order chi connectivity index (χ1) is 14.2. The molecule has 30 heavy (non-hydrogen) atoms. The molecule has 3 N–H and O–H groups in total. The molecule has 2 heterocycles. The number of halogens is 1. The molecule has 0 aliphatic carbocycles. The predicted molar refractivity (Wildman–Crippen MR) is 119 cm³/mol. The SMILES string of the molecule is CC(=O)Nc1cc(-n2cc(C(N)=O)c(-c3cc(CN(C)C)ccc3Cl)c2)c(C)cn1. The average Bonchev–Trinajstić information content (AvgIpc) is 3.09. The van der Waals surface area contributed by atoms with Gasteiger partial charge in [-0.1, -0.05) is 17.7 Å². The third kappa shape index (κ3) is 4.69. The normalized spacial score (nSPS) is 11.0. The van der Waals surface area contributed by atoms with Crippen LogP contribution in [-0.2, 0) is 11.3 Å². The van der Waals surface area contributed by atoms with Crippen molar-refractivity contribution in [3.63, 3.8) is 0 Å². The van der Waals surface area contributed by atoms with Gasteiger partial charge in [0.05, 0.1) is 11.3 Å². The highest BCUT2D eigenvalue weighted by molar-refractivity contribution is 6.33. The van der Waals surface area contributed by atoms with Crippen LogP contribution in [-0.4, -0.2) is 40.4 Å². The molecule has 0 atom stereocenters. The fraction of sp³-hybridized carbons (Fsp3) is 0.227. The molecule has 2 amide bonds. The molecule has 0 unspecified atom stereocenters. The molecule has 3 aromatic rings. The van der Waals surface area contributed by atoms with Gasteiger partial charge in [0.25, 0.3) is 5.91 Å². The monoisotopic (exact) mass is 425 g/mol. The van der Waals surface area contributed by atoms with Crippen LogP contribution in [0.5, 0.6) is 0 Å². The topological polar surface area (TPSA) is 93.2 Å². The summed E-state index contributed by atoms with van der Waals surface area (Å²) in [7, 11) is 3.97. The third-order valence-electron chi connectivity index (χ3n) is 4.57. The van der Waals surface area contributed by atoms with Crippen LogP contribution in [0.2, 0.25) is 5.02 Å². The van der Waals surface area contributed by atoms with Crippen LogP contribution in [0.3, 0.4) is 0 Å². The van der Waals surface area contributed by atoms with Gasteiger partial charge in [0, 0.05) is 54.3 Å². The molecule has 2 aromatic heterocycles. The van der Waals surface area contributed by atoms with E-state index in [9.17, 15) is 9.59 Å². The zero-order chi connectivity index (χ0) is 22.0. The van der Waals surface area contributed by atoms with Crippen LogP contribution < -0.4 is 11.1 Å². The number of carbonyl (C=O) groups is 2. The van der Waals surface area contributed by atoms with Gasteiger partial charge < -0.3 is 20.5 Å². The Morgan fingerprint density at radius 3 is 2.57 bits per heavy atom. The Kier molecular flexibility index (Phi) is 6.24. The molecule has 8 heteroatoms. The van der Waals surface area contributed by atoms with Gasteiger partial charge in [0.15, 0.2) is 0 Å². The lowest BCUT2D eigenvalue weighted by Gasteiger charge is -2.12. The molecule has 0 aliphatic rings. The van der Waals surface area contributed by atoms with Crippen molar-refractivity contribution in [3.05, 3.63) is 64.6 Å². The fourth-order valence-electron chi connectivity index (χ4n) is 3.29. The number of nitrogens with two attached hydrogens (primary N) is 1. The Bertz CT molecular complexity index is 1120. The van der Waals surface area contributed by atoms with E-state index in [1.807, 2.05) is 45.4 Å². The number of aromatic nitrogens is 2. The minimum Gasteiger partial charge on any atom is -0.366 e. The van der Waals surface area contributed by atoms with Gasteiger partial charge in [0.1, 0.15) is 5.82 Å². The van der Waals surface area contributed by atoms with Gasteiger partial charge in [-0.3, -0.25) is 9.59 Å². The largest absolute Gasteiger partial charge is 0.366 e. The fourth-order valence-corrected chi connectivity index (χ4v) is 3.51. The van der Waals surface area contributed by atoms with E-state index in [0.29, 0.717) is 22.0 Å². The molecule has 1 aromatic carbocycles. The lowest BCUT2D eigenvalue weighted by molar-refractivity contribution is -0.114. The van der Waals surface area contributed by atoms with Crippen molar-refractivity contribution in [2.75, 3.05) is 19.4 Å². The molecule has 0 saturated carbocycles. The second-order valence-corrected chi connectivity index (χ2v) is 7.85. The Balaban J connectivity index is 2.14. The van der Waals surface area contributed by atoms with Gasteiger partial charge in [0.2, 0.25) is 5.91 Å². The standard InChI is InChI=1S/C22H24ClN5O2/c1-13-9-25-21(26-14(2)29)8-20(13)28-11-17(18(12-28)22(24)30)16-7-15(10-27(3)4)5-6-19(16)23/h5-9,11-12H,10H2,1-4H3,(H2,24,30)(H,25,26,29). The smallest absolute Gasteiger partial charge is 0.250 e. The van der Waals surface area contributed by atoms with Gasteiger partial charge in [-0.25, -0.2) is 4.98 Å². The first kappa shape index (κ1) is 21.5. The summed E-state index contributed by atoms with van der Waals surface area (Å²) in [6.07, 6.45) is 5.15. The van der Waals surface area contributed by atoms with E-state index in [0.717, 1.165) is 28.9 Å². The van der Waals surface area contributed by atoms with E-state index >= 15 is 0 Å². The van der Waals surface area contributed by atoms with Gasteiger partial charge in [-0.15, -0.1) is 0 Å². The number of hydrogen-bond donors (Lipinski definition) is 2. The number of pyridine rings is 1. The summed E-state index contributed by atoms with van der Waals surface area (Å²) in [6.45, 7) is 4.05. The van der Waals surface area contributed by atoms with E-state index in [-0.39, 0.29) is 5.91 Å². The Hall–Kier alpha value is -3.16. The van der Waals surface area contributed by atoms with Crippen LogP contribution in [0.4, 0.5) is 5.82 Å². The Morgan fingerprint density at radius 2 is 1.93 bits per heavy atom. The molecule has 7 nitrogen and oxygen atoms in total. The number of aryl methyl sites for hydroxylation is 1. The number of anilines is 1. The summed E-state index contributed by atoms with van der Waals surface area (Å²) in [5, 5.41) is 3.20. The van der Waals surface area contributed by atoms with E-state index in [1.165, 1.54) is 6.92 Å². The van der Waals surface area contributed by atoms with E-state index in [4.69, 9.17) is 17.3 Å². The number of carbonyl (C=O) groups excluding carboxylic acids is 2. The van der Waals surface area contributed by atoms with Gasteiger partial charge in [-0.05, 0) is 44.3 Å². The van der Waals surface area contributed by atoms with Crippen molar-refractivity contribution in [3.8, 4) is 16.8 Å². The van der Waals surface area contributed by atoms with Gasteiger partial charge >= 0.3 is 0 Å². The summed E-state index contributed by atoms with van der Waals surface area (Å²) in [5.41, 5.74) is 10.1. The van der Waals surface area contributed by atoms with Crippen molar-refractivity contribution >= 4 is 29.2 Å². The van der Waals surface area contributed by atoms with E-state index in [1.54, 1.807) is 23.0 Å². The predicted octanol–water partition coefficient (Wildman–Crippen LogP) is 3.62. The Labute approximate surface area is 180 Å². The van der Waals surface area contributed by atoms with Crippen molar-refractivity contribution in [2.45, 2.75) is 20.4 Å². The Morgan fingerprint density at radius 1 is 1.20 bits per heavy atom. The summed E-state index contributed by atoms with van der Waals surface area (Å²) in [4.78, 5) is 29.9. The van der Waals surface area contributed by atoms with Crippen molar-refractivity contribution in [2.24, 2.45) is 5.73 Å². The maximum absolute atomic E-state index is 12.2. The molecule has 0 spiro atoms. The van der Waals surface area contributed by atoms with E-state index < -0.39 is 5.91 Å². The number of primary amides is 1. The highest BCUT2D eigenvalue weighted by atomic mass is 35.5. The number of benzene rings is 1. The summed E-state index contributed by atoms with van der Waals surface area (Å²) in [5.74, 6) is -0.343. The molecule has 3 rings (SSSR count). The van der Waals surface area contributed by atoms with Crippen LogP contribution in [0.25, 0.3) is 16.8 Å². The molecular formula is C22H24ClN5O2. The summed E-state index contributed by atoms with van der Waals surface area (Å²) in [6, 6.07) is 7.50. The molecule has 156 valence electrons. The number of amides is 2. The van der Waals surface area contributed by atoms with Crippen LogP contribution in [0.1, 0.15) is 28.4 Å². The van der Waals surface area contributed by atoms with Crippen LogP contribution in [0.15, 0.2) is 42.9 Å². The van der Waals surface area contributed by atoms with Crippen molar-refractivity contribution in [1.29, 1.82) is 0 Å². The number of hydrogen-bond acceptors (Lipinski definition) is 4. The minimum atomic E-state index is -0.549. The molecule has 0 saturated heterocycles. The first-order valence-electron chi connectivity index (χ1n) is 9.35. The second kappa shape index (κ2) is 8.69. The van der Waals surface area contributed by atoms with Gasteiger partial charge in [-0.2, -0.15) is 0 Å². The molecule has 0 aliphatic heterocycles. The lowest BCUT2D eigenvalue weighted by Crippen LogP contribution is -2.12. The highest BCUT2D eigenvalue weighted by Gasteiger charge is 2.18. The zero-order valence-corrected chi connectivity index (χ0v) is 18.1. The molecule has 0 fully saturated rings. The van der Waals surface area contributed by atoms with Crippen molar-refractivity contribution in [1.82, 2.24) is 14.5 Å². The van der Waals surface area contributed by atoms with Crippen LogP contribution >= 0.6 is 11.6 Å². The third-order valence-corrected chi connectivity index (χ3v) is 4.90. The summed E-state index contributed by atoms with van der Waals surface area (Å²) >= 11 is 6.48. The average molecular weight is 426 g/mol. The highest BCUT2D eigenvalue weighted by Crippen LogP contribution is 2.34. The minimum absolute atomic E-state index is 0.215. The van der Waals surface area contributed by atoms with E-state index in [2.05, 4.69) is 15.2 Å². The van der Waals surface area contributed by atoms with Crippen LogP contribution in [0, 0.1) is 6.92 Å². The quantitative estimate of drug-likeness (QED) is 0.630. The maximum atomic E-state index is 12.2. The number of rotatable bonds is 6. The molecule has 0 bridgehead atoms. The first-order valence-corrected chi connectivity index (χ1v) is 9.73. The second-order valence-electron chi connectivity index (χ2n) is 7.45. The zero-order valence-electron chi connectivity index (χ0n) is 17.4. The summed E-state index contributed by atoms with van der Waals surface area (Å²) < 4.78 is 1.80. The maximum Gasteiger partial charge on any atom is 0.250 e. The molecule has 0 radical (unpaired) electrons. The lowest BCUT2D eigenvalue weighted by atomic mass is 10.0. The number of nitrogens with zero attached hydrogens (tertiary/aromatic N) is 3. The number of nitrogens with one attached hydrogen (secondary N) is 1. The van der Waals surface area contributed by atoms with Crippen molar-refractivity contribution < 1.29 is 9.59 Å².